The molecule has 0 radical (unpaired) electrons. The Bertz CT molecular complexity index is 863. The number of ether oxygens (including phenoxy) is 1. The van der Waals surface area contributed by atoms with E-state index in [4.69, 9.17) is 16.3 Å². The van der Waals surface area contributed by atoms with Gasteiger partial charge >= 0.3 is 0 Å². The molecule has 1 N–H and O–H groups in total. The molecule has 202 valence electrons. The van der Waals surface area contributed by atoms with Gasteiger partial charge in [0.25, 0.3) is 5.91 Å². The Hall–Kier alpha value is -1.34. The summed E-state index contributed by atoms with van der Waals surface area (Å²) in [5.74, 6) is 0.514. The van der Waals surface area contributed by atoms with Crippen molar-refractivity contribution in [3.05, 3.63) is 58.9 Å². The number of carbonyl (C=O) groups is 1. The molecule has 0 aliphatic carbocycles. The number of carbonyl (C=O) groups excluding carboxylic acids is 1. The molecular weight excluding hydrogens is 583 g/mol. The van der Waals surface area contributed by atoms with Crippen LogP contribution in [0.3, 0.4) is 0 Å². The Balaban J connectivity index is 0.00000648. The second-order valence-corrected chi connectivity index (χ2v) is 9.92. The van der Waals surface area contributed by atoms with Crippen molar-refractivity contribution in [3.63, 3.8) is 0 Å². The van der Waals surface area contributed by atoms with E-state index in [-0.39, 0.29) is 29.9 Å². The lowest BCUT2D eigenvalue weighted by Crippen LogP contribution is -3.00. The van der Waals surface area contributed by atoms with Crippen molar-refractivity contribution < 1.29 is 38.1 Å². The lowest BCUT2D eigenvalue weighted by molar-refractivity contribution is -0.697. The molecule has 0 fully saturated rings. The van der Waals surface area contributed by atoms with Gasteiger partial charge in [-0.05, 0) is 30.7 Å². The predicted octanol–water partition coefficient (Wildman–Crippen LogP) is 5.05. The monoisotopic (exact) mass is 628 g/mol. The maximum absolute atomic E-state index is 12.6. The largest absolute Gasteiger partial charge is 1.00 e. The molecule has 0 atom stereocenters. The van der Waals surface area contributed by atoms with Crippen molar-refractivity contribution in [2.24, 2.45) is 0 Å². The van der Waals surface area contributed by atoms with Crippen LogP contribution in [0.4, 0.5) is 0 Å². The van der Waals surface area contributed by atoms with Gasteiger partial charge in [-0.15, -0.1) is 0 Å². The zero-order valence-electron chi connectivity index (χ0n) is 22.4. The highest BCUT2D eigenvalue weighted by atomic mass is 127. The Morgan fingerprint density at radius 3 is 2.14 bits per heavy atom. The summed E-state index contributed by atoms with van der Waals surface area (Å²) in [4.78, 5) is 12.6. The number of nitrogens with zero attached hydrogens (tertiary/aromatic N) is 1. The van der Waals surface area contributed by atoms with Crippen LogP contribution in [0.2, 0.25) is 5.02 Å². The third-order valence-electron chi connectivity index (χ3n) is 6.30. The molecule has 1 aromatic carbocycles. The Labute approximate surface area is 241 Å². The van der Waals surface area contributed by atoms with Gasteiger partial charge in [-0.1, -0.05) is 96.1 Å². The van der Waals surface area contributed by atoms with Gasteiger partial charge in [-0.2, -0.15) is 0 Å². The average molecular weight is 629 g/mol. The van der Waals surface area contributed by atoms with Gasteiger partial charge in [0, 0.05) is 30.2 Å². The molecule has 0 saturated heterocycles. The number of amides is 1. The first kappa shape index (κ1) is 32.7. The van der Waals surface area contributed by atoms with Crippen LogP contribution in [-0.2, 0) is 13.1 Å². The van der Waals surface area contributed by atoms with Crippen LogP contribution in [-0.4, -0.2) is 12.5 Å². The number of aromatic nitrogens is 1. The van der Waals surface area contributed by atoms with Crippen molar-refractivity contribution in [1.82, 2.24) is 5.32 Å². The second kappa shape index (κ2) is 20.7. The highest BCUT2D eigenvalue weighted by Gasteiger charge is 2.10. The minimum atomic E-state index is -0.134. The molecule has 1 aromatic heterocycles. The summed E-state index contributed by atoms with van der Waals surface area (Å²) in [6.45, 7) is 6.54. The maximum atomic E-state index is 12.6. The number of pyridine rings is 1. The molecule has 1 heterocycles. The molecule has 2 aromatic rings. The molecule has 36 heavy (non-hydrogen) atoms. The second-order valence-electron chi connectivity index (χ2n) is 9.52. The topological polar surface area (TPSA) is 42.2 Å². The van der Waals surface area contributed by atoms with E-state index in [0.29, 0.717) is 29.5 Å². The third kappa shape index (κ3) is 13.8. The third-order valence-corrected chi connectivity index (χ3v) is 6.60. The number of benzene rings is 1. The number of aryl methyl sites for hydroxylation is 1. The smallest absolute Gasteiger partial charge is 0.251 e. The van der Waals surface area contributed by atoms with E-state index in [1.54, 1.807) is 18.2 Å². The molecule has 0 bridgehead atoms. The first-order valence-corrected chi connectivity index (χ1v) is 14.2. The van der Waals surface area contributed by atoms with Crippen molar-refractivity contribution in [1.29, 1.82) is 0 Å². The van der Waals surface area contributed by atoms with Crippen LogP contribution in [0.1, 0.15) is 113 Å². The Morgan fingerprint density at radius 2 is 1.53 bits per heavy atom. The van der Waals surface area contributed by atoms with Gasteiger partial charge < -0.3 is 34.0 Å². The van der Waals surface area contributed by atoms with Crippen LogP contribution in [0.15, 0.2) is 42.7 Å². The van der Waals surface area contributed by atoms with Gasteiger partial charge in [-0.3, -0.25) is 4.79 Å². The number of unbranched alkanes of at least 4 members (excludes halogenated alkanes) is 11. The van der Waals surface area contributed by atoms with Gasteiger partial charge in [-0.25, -0.2) is 4.57 Å². The highest BCUT2D eigenvalue weighted by molar-refractivity contribution is 6.32. The number of rotatable bonds is 19. The fourth-order valence-electron chi connectivity index (χ4n) is 4.25. The molecule has 0 spiro atoms. The van der Waals surface area contributed by atoms with E-state index in [2.05, 4.69) is 29.9 Å². The van der Waals surface area contributed by atoms with E-state index in [0.717, 1.165) is 24.9 Å². The number of nitrogens with one attached hydrogen (secondary N) is 1. The summed E-state index contributed by atoms with van der Waals surface area (Å²) < 4.78 is 8.00. The Kier molecular flexibility index (Phi) is 18.8. The molecule has 6 heteroatoms. The molecule has 4 nitrogen and oxygen atoms in total. The number of hydrogen-bond acceptors (Lipinski definition) is 2. The van der Waals surface area contributed by atoms with Gasteiger partial charge in [0.05, 0.1) is 11.6 Å². The van der Waals surface area contributed by atoms with Crippen LogP contribution in [0.25, 0.3) is 0 Å². The fourth-order valence-corrected chi connectivity index (χ4v) is 4.48. The van der Waals surface area contributed by atoms with Crippen LogP contribution < -0.4 is 38.6 Å². The van der Waals surface area contributed by atoms with Gasteiger partial charge in [0.1, 0.15) is 12.3 Å². The number of hydrogen-bond donors (Lipinski definition) is 1. The van der Waals surface area contributed by atoms with Crippen molar-refractivity contribution >= 4 is 17.5 Å². The van der Waals surface area contributed by atoms with E-state index in [9.17, 15) is 4.79 Å². The van der Waals surface area contributed by atoms with Gasteiger partial charge in [0.15, 0.2) is 12.4 Å². The van der Waals surface area contributed by atoms with E-state index < -0.39 is 0 Å². The lowest BCUT2D eigenvalue weighted by atomic mass is 10.1. The van der Waals surface area contributed by atoms with Crippen LogP contribution >= 0.6 is 11.6 Å². The summed E-state index contributed by atoms with van der Waals surface area (Å²) in [7, 11) is 0. The lowest BCUT2D eigenvalue weighted by Gasteiger charge is -2.10. The highest BCUT2D eigenvalue weighted by Crippen LogP contribution is 2.26. The molecule has 2 rings (SSSR count). The zero-order valence-corrected chi connectivity index (χ0v) is 25.3. The molecular formula is C30H46ClIN2O2. The molecule has 0 aliphatic rings. The summed E-state index contributed by atoms with van der Waals surface area (Å²) in [6, 6.07) is 9.30. The molecule has 0 unspecified atom stereocenters. The summed E-state index contributed by atoms with van der Waals surface area (Å²) >= 11 is 6.39. The SMILES string of the molecule is CCCCCCCCCCCCCCOc1ccc(C(=O)NCc2ccc[n+](CCC)c2)cc1Cl.[I-]. The maximum Gasteiger partial charge on any atom is 0.251 e. The van der Waals surface area contributed by atoms with E-state index >= 15 is 0 Å². The minimum Gasteiger partial charge on any atom is -1.00 e. The first-order valence-electron chi connectivity index (χ1n) is 13.8. The molecule has 1 amide bonds. The number of halogens is 2. The summed E-state index contributed by atoms with van der Waals surface area (Å²) in [5.41, 5.74) is 1.62. The average Bonchev–Trinajstić information content (AvgIpc) is 2.86. The first-order chi connectivity index (χ1) is 17.1. The van der Waals surface area contributed by atoms with Crippen LogP contribution in [0.5, 0.6) is 5.75 Å². The quantitative estimate of drug-likeness (QED) is 0.134. The Morgan fingerprint density at radius 1 is 0.889 bits per heavy atom. The minimum absolute atomic E-state index is 0. The summed E-state index contributed by atoms with van der Waals surface area (Å²) in [5, 5.41) is 3.46. The summed E-state index contributed by atoms with van der Waals surface area (Å²) in [6.07, 6.45) is 21.1. The van der Waals surface area contributed by atoms with Gasteiger partial charge in [0.2, 0.25) is 0 Å². The molecule has 0 saturated carbocycles. The fraction of sp³-hybridized carbons (Fsp3) is 0.600. The normalized spacial score (nSPS) is 10.6. The predicted molar refractivity (Wildman–Crippen MR) is 146 cm³/mol. The standard InChI is InChI=1S/C30H45ClN2O2.HI/c1-3-5-6-7-8-9-10-11-12-13-14-15-22-35-29-19-18-27(23-28(29)31)30(34)32-24-26-17-16-21-33(25-26)20-4-2;/h16-19,21,23,25H,3-15,20,22,24H2,1-2H3;1H. The molecule has 0 aliphatic heterocycles. The van der Waals surface area contributed by atoms with Crippen molar-refractivity contribution in [2.75, 3.05) is 6.61 Å². The van der Waals surface area contributed by atoms with Crippen molar-refractivity contribution in [3.8, 4) is 5.75 Å². The zero-order chi connectivity index (χ0) is 25.1. The van der Waals surface area contributed by atoms with E-state index in [1.165, 1.54) is 70.6 Å². The van der Waals surface area contributed by atoms with Crippen LogP contribution in [0, 0.1) is 0 Å². The van der Waals surface area contributed by atoms with Crippen molar-refractivity contribution in [2.45, 2.75) is 110 Å². The van der Waals surface area contributed by atoms with E-state index in [1.807, 2.05) is 18.3 Å².